The Hall–Kier alpha value is -2.91. The molecule has 2 N–H and O–H groups in total. The number of allylic oxidation sites excluding steroid dienone is 1. The van der Waals surface area contributed by atoms with Crippen molar-refractivity contribution < 1.29 is 9.90 Å². The van der Waals surface area contributed by atoms with Crippen molar-refractivity contribution in [3.05, 3.63) is 70.7 Å². The van der Waals surface area contributed by atoms with Gasteiger partial charge in [-0.1, -0.05) is 57.5 Å². The second-order valence-corrected chi connectivity index (χ2v) is 8.71. The van der Waals surface area contributed by atoms with E-state index in [0.29, 0.717) is 17.3 Å². The van der Waals surface area contributed by atoms with Crippen LogP contribution < -0.4 is 5.43 Å². The molecule has 160 valence electrons. The van der Waals surface area contributed by atoms with Crippen LogP contribution in [0.3, 0.4) is 0 Å². The Bertz CT molecular complexity index is 1100. The van der Waals surface area contributed by atoms with E-state index < -0.39 is 0 Å². The van der Waals surface area contributed by atoms with Crippen molar-refractivity contribution in [2.45, 2.75) is 25.0 Å². The SMILES string of the molecule is C=C(C)CCn1c(SCC(=O)NN=Cc2cccc(O)c2)nnc1-c1ccc(Br)cc1. The highest BCUT2D eigenvalue weighted by Gasteiger charge is 2.15. The Balaban J connectivity index is 1.66. The molecule has 1 heterocycles. The van der Waals surface area contributed by atoms with Gasteiger partial charge in [0.15, 0.2) is 11.0 Å². The van der Waals surface area contributed by atoms with Crippen LogP contribution in [-0.4, -0.2) is 37.7 Å². The van der Waals surface area contributed by atoms with Gasteiger partial charge in [0.25, 0.3) is 5.91 Å². The summed E-state index contributed by atoms with van der Waals surface area (Å²) >= 11 is 4.74. The minimum absolute atomic E-state index is 0.140. The number of nitrogens with zero attached hydrogens (tertiary/aromatic N) is 4. The van der Waals surface area contributed by atoms with Crippen molar-refractivity contribution >= 4 is 39.8 Å². The maximum atomic E-state index is 12.2. The van der Waals surface area contributed by atoms with Gasteiger partial charge in [-0.25, -0.2) is 5.43 Å². The van der Waals surface area contributed by atoms with Crippen molar-refractivity contribution in [2.75, 3.05) is 5.75 Å². The molecule has 0 atom stereocenters. The molecule has 0 saturated carbocycles. The van der Waals surface area contributed by atoms with E-state index >= 15 is 0 Å². The van der Waals surface area contributed by atoms with Gasteiger partial charge in [-0.15, -0.1) is 16.8 Å². The molecule has 9 heteroatoms. The number of amides is 1. The van der Waals surface area contributed by atoms with Gasteiger partial charge in [0.05, 0.1) is 12.0 Å². The number of carbonyl (C=O) groups excluding carboxylic acids is 1. The number of aromatic nitrogens is 3. The summed E-state index contributed by atoms with van der Waals surface area (Å²) in [4.78, 5) is 12.2. The van der Waals surface area contributed by atoms with Gasteiger partial charge in [-0.2, -0.15) is 5.10 Å². The lowest BCUT2D eigenvalue weighted by atomic mass is 10.2. The molecule has 0 radical (unpaired) electrons. The van der Waals surface area contributed by atoms with E-state index in [-0.39, 0.29) is 17.4 Å². The molecule has 0 saturated heterocycles. The number of phenols is 1. The van der Waals surface area contributed by atoms with Crippen LogP contribution in [0.15, 0.2) is 75.4 Å². The maximum absolute atomic E-state index is 12.2. The molecular formula is C22H22BrN5O2S. The van der Waals surface area contributed by atoms with Crippen LogP contribution in [0.1, 0.15) is 18.9 Å². The smallest absolute Gasteiger partial charge is 0.250 e. The van der Waals surface area contributed by atoms with E-state index in [1.165, 1.54) is 18.0 Å². The van der Waals surface area contributed by atoms with Crippen LogP contribution in [0.25, 0.3) is 11.4 Å². The lowest BCUT2D eigenvalue weighted by Crippen LogP contribution is -2.20. The molecule has 0 unspecified atom stereocenters. The summed E-state index contributed by atoms with van der Waals surface area (Å²) in [6.07, 6.45) is 2.26. The molecule has 3 rings (SSSR count). The number of hydrazone groups is 1. The Morgan fingerprint density at radius 2 is 2.06 bits per heavy atom. The van der Waals surface area contributed by atoms with Crippen LogP contribution in [0.2, 0.25) is 0 Å². The standard InChI is InChI=1S/C22H22BrN5O2S/c1-15(2)10-11-28-21(17-6-8-18(23)9-7-17)26-27-22(28)31-14-20(30)25-24-13-16-4-3-5-19(29)12-16/h3-9,12-13,29H,1,10-11,14H2,2H3,(H,25,30). The van der Waals surface area contributed by atoms with Crippen LogP contribution in [0.4, 0.5) is 0 Å². The third kappa shape index (κ3) is 6.80. The lowest BCUT2D eigenvalue weighted by Gasteiger charge is -2.10. The van der Waals surface area contributed by atoms with E-state index in [9.17, 15) is 9.90 Å². The molecule has 0 spiro atoms. The second kappa shape index (κ2) is 10.9. The molecule has 1 amide bonds. The molecule has 0 aliphatic carbocycles. The van der Waals surface area contributed by atoms with Crippen molar-refractivity contribution in [1.29, 1.82) is 0 Å². The van der Waals surface area contributed by atoms with Crippen molar-refractivity contribution in [3.8, 4) is 17.1 Å². The molecule has 7 nitrogen and oxygen atoms in total. The molecule has 31 heavy (non-hydrogen) atoms. The summed E-state index contributed by atoms with van der Waals surface area (Å²) in [5.41, 5.74) is 5.18. The van der Waals surface area contributed by atoms with Crippen LogP contribution in [-0.2, 0) is 11.3 Å². The van der Waals surface area contributed by atoms with E-state index in [1.807, 2.05) is 35.8 Å². The second-order valence-electron chi connectivity index (χ2n) is 6.85. The molecule has 0 aliphatic rings. The first-order valence-corrected chi connectivity index (χ1v) is 11.3. The first-order chi connectivity index (χ1) is 14.9. The topological polar surface area (TPSA) is 92.4 Å². The molecule has 1 aromatic heterocycles. The Kier molecular flexibility index (Phi) is 8.02. The molecule has 2 aromatic carbocycles. The van der Waals surface area contributed by atoms with Gasteiger partial charge in [-0.05, 0) is 43.2 Å². The number of benzene rings is 2. The van der Waals surface area contributed by atoms with Crippen molar-refractivity contribution in [2.24, 2.45) is 5.10 Å². The molecule has 0 bridgehead atoms. The van der Waals surface area contributed by atoms with Gasteiger partial charge < -0.3 is 9.67 Å². The third-order valence-corrected chi connectivity index (χ3v) is 5.68. The minimum atomic E-state index is -0.263. The highest BCUT2D eigenvalue weighted by Crippen LogP contribution is 2.26. The van der Waals surface area contributed by atoms with Crippen LogP contribution in [0, 0.1) is 0 Å². The van der Waals surface area contributed by atoms with Crippen molar-refractivity contribution in [3.63, 3.8) is 0 Å². The Labute approximate surface area is 193 Å². The number of phenolic OH excluding ortho intramolecular Hbond substituents is 1. The Morgan fingerprint density at radius 1 is 1.29 bits per heavy atom. The monoisotopic (exact) mass is 499 g/mol. The average molecular weight is 500 g/mol. The summed E-state index contributed by atoms with van der Waals surface area (Å²) in [5, 5.41) is 22.7. The van der Waals surface area contributed by atoms with Crippen molar-refractivity contribution in [1.82, 2.24) is 20.2 Å². The number of nitrogens with one attached hydrogen (secondary N) is 1. The fraction of sp³-hybridized carbons (Fsp3) is 0.182. The molecule has 3 aromatic rings. The van der Waals surface area contributed by atoms with Crippen LogP contribution >= 0.6 is 27.7 Å². The molecular weight excluding hydrogens is 478 g/mol. The maximum Gasteiger partial charge on any atom is 0.250 e. The predicted octanol–water partition coefficient (Wildman–Crippen LogP) is 4.62. The first-order valence-electron chi connectivity index (χ1n) is 9.49. The van der Waals surface area contributed by atoms with E-state index in [0.717, 1.165) is 27.9 Å². The zero-order chi connectivity index (χ0) is 22.2. The quantitative estimate of drug-likeness (QED) is 0.194. The highest BCUT2D eigenvalue weighted by atomic mass is 79.9. The van der Waals surface area contributed by atoms with Gasteiger partial charge in [0.1, 0.15) is 5.75 Å². The Morgan fingerprint density at radius 3 is 2.77 bits per heavy atom. The fourth-order valence-electron chi connectivity index (χ4n) is 2.66. The van der Waals surface area contributed by atoms with Gasteiger partial charge >= 0.3 is 0 Å². The summed E-state index contributed by atoms with van der Waals surface area (Å²) in [5.74, 6) is 0.768. The summed E-state index contributed by atoms with van der Waals surface area (Å²) in [6, 6.07) is 14.5. The van der Waals surface area contributed by atoms with Gasteiger partial charge in [0.2, 0.25) is 0 Å². The number of carbonyl (C=O) groups is 1. The average Bonchev–Trinajstić information content (AvgIpc) is 3.14. The van der Waals surface area contributed by atoms with Gasteiger partial charge in [-0.3, -0.25) is 4.79 Å². The summed E-state index contributed by atoms with van der Waals surface area (Å²) in [7, 11) is 0. The van der Waals surface area contributed by atoms with Crippen LogP contribution in [0.5, 0.6) is 5.75 Å². The number of aromatic hydroxyl groups is 1. The third-order valence-electron chi connectivity index (χ3n) is 4.19. The molecule has 0 aliphatic heterocycles. The fourth-order valence-corrected chi connectivity index (χ4v) is 3.68. The zero-order valence-electron chi connectivity index (χ0n) is 17.0. The predicted molar refractivity (Wildman–Crippen MR) is 127 cm³/mol. The first kappa shape index (κ1) is 22.8. The number of thioether (sulfide) groups is 1. The summed E-state index contributed by atoms with van der Waals surface area (Å²) < 4.78 is 2.99. The minimum Gasteiger partial charge on any atom is -0.508 e. The van der Waals surface area contributed by atoms with E-state index in [1.54, 1.807) is 24.3 Å². The number of hydrogen-bond acceptors (Lipinski definition) is 6. The summed E-state index contributed by atoms with van der Waals surface area (Å²) in [6.45, 7) is 6.63. The molecule has 0 fully saturated rings. The zero-order valence-corrected chi connectivity index (χ0v) is 19.4. The highest BCUT2D eigenvalue weighted by molar-refractivity contribution is 9.10. The van der Waals surface area contributed by atoms with E-state index in [4.69, 9.17) is 0 Å². The largest absolute Gasteiger partial charge is 0.508 e. The number of hydrogen-bond donors (Lipinski definition) is 2. The number of halogens is 1. The van der Waals surface area contributed by atoms with Gasteiger partial charge in [0, 0.05) is 16.6 Å². The normalized spacial score (nSPS) is 11.0. The number of rotatable bonds is 9. The lowest BCUT2D eigenvalue weighted by molar-refractivity contribution is -0.118. The van der Waals surface area contributed by atoms with E-state index in [2.05, 4.69) is 43.2 Å².